The average Bonchev–Trinajstić information content (AvgIpc) is 3.16. The van der Waals surface area contributed by atoms with Gasteiger partial charge in [-0.15, -0.1) is 11.8 Å². The minimum atomic E-state index is -0.180. The van der Waals surface area contributed by atoms with Gasteiger partial charge < -0.3 is 10.1 Å². The highest BCUT2D eigenvalue weighted by atomic mass is 79.9. The lowest BCUT2D eigenvalue weighted by Crippen LogP contribution is -2.27. The molecule has 1 aliphatic rings. The number of hydrogen-bond acceptors (Lipinski definition) is 4. The molecule has 1 unspecified atom stereocenters. The Morgan fingerprint density at radius 2 is 1.77 bits per heavy atom. The van der Waals surface area contributed by atoms with Gasteiger partial charge in [0.25, 0.3) is 5.91 Å². The molecule has 7 heteroatoms. The van der Waals surface area contributed by atoms with Crippen molar-refractivity contribution in [2.45, 2.75) is 5.37 Å². The third-order valence-corrected chi connectivity index (χ3v) is 6.69. The van der Waals surface area contributed by atoms with Gasteiger partial charge in [0.2, 0.25) is 5.91 Å². The summed E-state index contributed by atoms with van der Waals surface area (Å²) in [6, 6.07) is 22.4. The summed E-state index contributed by atoms with van der Waals surface area (Å²) in [5.74, 6) is 1.07. The minimum Gasteiger partial charge on any atom is -0.497 e. The number of carbonyl (C=O) groups is 2. The fourth-order valence-electron chi connectivity index (χ4n) is 3.27. The number of halogens is 1. The monoisotopic (exact) mass is 482 g/mol. The second kappa shape index (κ2) is 8.93. The number of benzene rings is 3. The number of ether oxygens (including phenoxy) is 1. The van der Waals surface area contributed by atoms with Gasteiger partial charge in [0.15, 0.2) is 0 Å². The molecular weight excluding hydrogens is 464 g/mol. The van der Waals surface area contributed by atoms with Crippen LogP contribution in [0, 0.1) is 0 Å². The van der Waals surface area contributed by atoms with E-state index in [1.807, 2.05) is 66.7 Å². The maximum Gasteiger partial charge on any atom is 0.256 e. The van der Waals surface area contributed by atoms with Gasteiger partial charge in [-0.05, 0) is 70.0 Å². The standard InChI is InChI=1S/C23H19BrN2O3S/c1-29-18-12-10-17(11-13-18)26-21(27)14-30-23(26)15-6-8-16(9-7-15)25-22(28)19-4-2-3-5-20(19)24/h2-13,23H,14H2,1H3,(H,25,28). The van der Waals surface area contributed by atoms with Gasteiger partial charge in [-0.1, -0.05) is 24.3 Å². The van der Waals surface area contributed by atoms with Crippen molar-refractivity contribution in [1.82, 2.24) is 0 Å². The van der Waals surface area contributed by atoms with Crippen LogP contribution in [0.5, 0.6) is 5.75 Å². The molecule has 0 spiro atoms. The predicted octanol–water partition coefficient (Wildman–Crippen LogP) is 5.49. The number of amides is 2. The minimum absolute atomic E-state index is 0.0708. The van der Waals surface area contributed by atoms with Crippen LogP contribution in [0.25, 0.3) is 0 Å². The van der Waals surface area contributed by atoms with Gasteiger partial charge in [-0.3, -0.25) is 14.5 Å². The zero-order valence-corrected chi connectivity index (χ0v) is 18.6. The first kappa shape index (κ1) is 20.5. The van der Waals surface area contributed by atoms with Crippen LogP contribution in [0.3, 0.4) is 0 Å². The fourth-order valence-corrected chi connectivity index (χ4v) is 4.91. The van der Waals surface area contributed by atoms with Gasteiger partial charge in [-0.25, -0.2) is 0 Å². The molecule has 1 atom stereocenters. The van der Waals surface area contributed by atoms with E-state index in [4.69, 9.17) is 4.74 Å². The van der Waals surface area contributed by atoms with Crippen molar-refractivity contribution >= 4 is 50.9 Å². The molecule has 30 heavy (non-hydrogen) atoms. The first-order valence-electron chi connectivity index (χ1n) is 9.30. The van der Waals surface area contributed by atoms with E-state index in [1.165, 1.54) is 0 Å². The molecule has 1 saturated heterocycles. The molecule has 0 bridgehead atoms. The highest BCUT2D eigenvalue weighted by molar-refractivity contribution is 9.10. The molecule has 5 nitrogen and oxygen atoms in total. The van der Waals surface area contributed by atoms with Crippen LogP contribution < -0.4 is 15.0 Å². The summed E-state index contributed by atoms with van der Waals surface area (Å²) in [4.78, 5) is 26.8. The molecule has 0 radical (unpaired) electrons. The van der Waals surface area contributed by atoms with Gasteiger partial charge in [0.05, 0.1) is 18.4 Å². The predicted molar refractivity (Wildman–Crippen MR) is 124 cm³/mol. The fraction of sp³-hybridized carbons (Fsp3) is 0.130. The number of anilines is 2. The molecule has 3 aromatic carbocycles. The summed E-state index contributed by atoms with van der Waals surface area (Å²) in [5.41, 5.74) is 3.11. The van der Waals surface area contributed by atoms with Gasteiger partial charge in [0, 0.05) is 15.8 Å². The Morgan fingerprint density at radius 1 is 1.07 bits per heavy atom. The second-order valence-electron chi connectivity index (χ2n) is 6.68. The summed E-state index contributed by atoms with van der Waals surface area (Å²) >= 11 is 4.99. The van der Waals surface area contributed by atoms with Crippen LogP contribution in [0.2, 0.25) is 0 Å². The number of thioether (sulfide) groups is 1. The number of methoxy groups -OCH3 is 1. The van der Waals surface area contributed by atoms with Gasteiger partial charge in [-0.2, -0.15) is 0 Å². The topological polar surface area (TPSA) is 58.6 Å². The normalized spacial score (nSPS) is 15.9. The van der Waals surface area contributed by atoms with Crippen molar-refractivity contribution in [2.24, 2.45) is 0 Å². The molecule has 4 rings (SSSR count). The molecule has 2 amide bonds. The van der Waals surface area contributed by atoms with Crippen molar-refractivity contribution in [3.63, 3.8) is 0 Å². The van der Waals surface area contributed by atoms with Crippen molar-refractivity contribution < 1.29 is 14.3 Å². The molecule has 3 aromatic rings. The number of hydrogen-bond donors (Lipinski definition) is 1. The van der Waals surface area contributed by atoms with Gasteiger partial charge >= 0.3 is 0 Å². The lowest BCUT2D eigenvalue weighted by Gasteiger charge is -2.24. The first-order valence-corrected chi connectivity index (χ1v) is 11.1. The summed E-state index contributed by atoms with van der Waals surface area (Å²) < 4.78 is 5.95. The molecule has 1 aliphatic heterocycles. The Hall–Kier alpha value is -2.77. The first-order chi connectivity index (χ1) is 14.6. The zero-order valence-electron chi connectivity index (χ0n) is 16.2. The Balaban J connectivity index is 1.52. The number of nitrogens with zero attached hydrogens (tertiary/aromatic N) is 1. The molecule has 1 heterocycles. The quantitative estimate of drug-likeness (QED) is 0.522. The molecule has 0 aliphatic carbocycles. The molecular formula is C23H19BrN2O3S. The molecule has 152 valence electrons. The Labute approximate surface area is 187 Å². The maximum absolute atomic E-state index is 12.5. The van der Waals surface area contributed by atoms with E-state index in [9.17, 15) is 9.59 Å². The van der Waals surface area contributed by atoms with E-state index in [0.29, 0.717) is 17.0 Å². The second-order valence-corrected chi connectivity index (χ2v) is 8.60. The van der Waals surface area contributed by atoms with E-state index >= 15 is 0 Å². The molecule has 0 saturated carbocycles. The van der Waals surface area contributed by atoms with E-state index in [0.717, 1.165) is 21.5 Å². The largest absolute Gasteiger partial charge is 0.497 e. The van der Waals surface area contributed by atoms with E-state index in [-0.39, 0.29) is 17.2 Å². The average molecular weight is 483 g/mol. The zero-order chi connectivity index (χ0) is 21.1. The van der Waals surface area contributed by atoms with E-state index in [2.05, 4.69) is 21.2 Å². The number of nitrogens with one attached hydrogen (secondary N) is 1. The third-order valence-electron chi connectivity index (χ3n) is 4.79. The molecule has 0 aromatic heterocycles. The smallest absolute Gasteiger partial charge is 0.256 e. The summed E-state index contributed by atoms with van der Waals surface area (Å²) in [7, 11) is 1.62. The van der Waals surface area contributed by atoms with Crippen LogP contribution in [-0.2, 0) is 4.79 Å². The molecule has 1 fully saturated rings. The van der Waals surface area contributed by atoms with E-state index < -0.39 is 0 Å². The Bertz CT molecular complexity index is 1070. The highest BCUT2D eigenvalue weighted by Gasteiger charge is 2.34. The van der Waals surface area contributed by atoms with Gasteiger partial charge in [0.1, 0.15) is 11.1 Å². The van der Waals surface area contributed by atoms with Crippen LogP contribution in [-0.4, -0.2) is 24.7 Å². The number of rotatable bonds is 5. The Kier molecular flexibility index (Phi) is 6.11. The summed E-state index contributed by atoms with van der Waals surface area (Å²) in [6.07, 6.45) is 0. The van der Waals surface area contributed by atoms with Crippen LogP contribution in [0.1, 0.15) is 21.3 Å². The van der Waals surface area contributed by atoms with Crippen LogP contribution in [0.4, 0.5) is 11.4 Å². The van der Waals surface area contributed by atoms with Crippen molar-refractivity contribution in [1.29, 1.82) is 0 Å². The van der Waals surface area contributed by atoms with Crippen LogP contribution in [0.15, 0.2) is 77.3 Å². The lowest BCUT2D eigenvalue weighted by atomic mass is 10.1. The SMILES string of the molecule is COc1ccc(N2C(=O)CSC2c2ccc(NC(=O)c3ccccc3Br)cc2)cc1. The van der Waals surface area contributed by atoms with E-state index in [1.54, 1.807) is 29.8 Å². The summed E-state index contributed by atoms with van der Waals surface area (Å²) in [5, 5.41) is 2.80. The number of carbonyl (C=O) groups excluding carboxylic acids is 2. The van der Waals surface area contributed by atoms with Crippen molar-refractivity contribution in [3.05, 3.63) is 88.4 Å². The third kappa shape index (κ3) is 4.22. The Morgan fingerprint density at radius 3 is 2.43 bits per heavy atom. The van der Waals surface area contributed by atoms with Crippen molar-refractivity contribution in [3.8, 4) is 5.75 Å². The van der Waals surface area contributed by atoms with Crippen molar-refractivity contribution in [2.75, 3.05) is 23.1 Å². The maximum atomic E-state index is 12.5. The van der Waals surface area contributed by atoms with Crippen LogP contribution >= 0.6 is 27.7 Å². The molecule has 1 N–H and O–H groups in total. The lowest BCUT2D eigenvalue weighted by molar-refractivity contribution is -0.115. The summed E-state index contributed by atoms with van der Waals surface area (Å²) in [6.45, 7) is 0. The highest BCUT2D eigenvalue weighted by Crippen LogP contribution is 2.42.